The summed E-state index contributed by atoms with van der Waals surface area (Å²) in [5.41, 5.74) is 2.17. The van der Waals surface area contributed by atoms with E-state index in [0.29, 0.717) is 16.8 Å². The standard InChI is InChI=1S/C20H26N2O2S/c1-4-15(12-16-8-6-5-7-9-16)14-21-20(25)22-18-11-10-17(23-2)13-19(18)24-3/h5-11,13,15H,4,12,14H2,1-3H3,(H2,21,22,25). The van der Waals surface area contributed by atoms with Crippen molar-refractivity contribution in [3.8, 4) is 11.5 Å². The average Bonchev–Trinajstić information content (AvgIpc) is 2.66. The van der Waals surface area contributed by atoms with Crippen LogP contribution in [-0.4, -0.2) is 25.9 Å². The monoisotopic (exact) mass is 358 g/mol. The van der Waals surface area contributed by atoms with Crippen molar-refractivity contribution in [3.05, 3.63) is 54.1 Å². The highest BCUT2D eigenvalue weighted by Crippen LogP contribution is 2.28. The Morgan fingerprint density at radius 1 is 1.08 bits per heavy atom. The van der Waals surface area contributed by atoms with Crippen molar-refractivity contribution < 1.29 is 9.47 Å². The Kier molecular flexibility index (Phi) is 7.54. The van der Waals surface area contributed by atoms with Gasteiger partial charge in [0, 0.05) is 12.6 Å². The molecule has 0 fully saturated rings. The molecule has 1 unspecified atom stereocenters. The molecule has 0 heterocycles. The summed E-state index contributed by atoms with van der Waals surface area (Å²) in [5.74, 6) is 1.97. The van der Waals surface area contributed by atoms with E-state index in [2.05, 4.69) is 41.8 Å². The molecule has 0 saturated heterocycles. The Labute approximate surface area is 155 Å². The minimum atomic E-state index is 0.528. The summed E-state index contributed by atoms with van der Waals surface area (Å²) in [6.45, 7) is 3.04. The second kappa shape index (κ2) is 9.89. The van der Waals surface area contributed by atoms with Gasteiger partial charge in [-0.15, -0.1) is 0 Å². The third-order valence-corrected chi connectivity index (χ3v) is 4.40. The molecule has 0 aliphatic rings. The lowest BCUT2D eigenvalue weighted by Crippen LogP contribution is -2.33. The van der Waals surface area contributed by atoms with Crippen molar-refractivity contribution >= 4 is 23.0 Å². The second-order valence-corrected chi connectivity index (χ2v) is 6.27. The van der Waals surface area contributed by atoms with E-state index in [-0.39, 0.29) is 0 Å². The van der Waals surface area contributed by atoms with E-state index in [0.717, 1.165) is 30.8 Å². The van der Waals surface area contributed by atoms with Crippen LogP contribution < -0.4 is 20.1 Å². The fourth-order valence-corrected chi connectivity index (χ4v) is 2.81. The van der Waals surface area contributed by atoms with Gasteiger partial charge in [-0.2, -0.15) is 0 Å². The van der Waals surface area contributed by atoms with Gasteiger partial charge in [-0.3, -0.25) is 0 Å². The fourth-order valence-electron chi connectivity index (χ4n) is 2.61. The zero-order valence-electron chi connectivity index (χ0n) is 15.0. The molecule has 0 aromatic heterocycles. The van der Waals surface area contributed by atoms with Crippen LogP contribution in [0.25, 0.3) is 0 Å². The third-order valence-electron chi connectivity index (χ3n) is 4.15. The quantitative estimate of drug-likeness (QED) is 0.690. The summed E-state index contributed by atoms with van der Waals surface area (Å²) in [6.07, 6.45) is 2.13. The van der Waals surface area contributed by atoms with Crippen LogP contribution in [0.4, 0.5) is 5.69 Å². The Bertz CT molecular complexity index is 677. The lowest BCUT2D eigenvalue weighted by molar-refractivity contribution is 0.395. The van der Waals surface area contributed by atoms with Crippen LogP contribution in [0.5, 0.6) is 11.5 Å². The number of ether oxygens (including phenoxy) is 2. The number of hydrogen-bond acceptors (Lipinski definition) is 3. The maximum absolute atomic E-state index is 5.43. The predicted molar refractivity (Wildman–Crippen MR) is 108 cm³/mol. The Balaban J connectivity index is 1.89. The molecule has 5 heteroatoms. The molecule has 2 aromatic carbocycles. The lowest BCUT2D eigenvalue weighted by atomic mass is 9.97. The molecule has 1 atom stereocenters. The number of benzene rings is 2. The van der Waals surface area contributed by atoms with Crippen molar-refractivity contribution in [2.45, 2.75) is 19.8 Å². The summed E-state index contributed by atoms with van der Waals surface area (Å²) in [7, 11) is 3.26. The molecule has 0 radical (unpaired) electrons. The van der Waals surface area contributed by atoms with Gasteiger partial charge in [-0.25, -0.2) is 0 Å². The van der Waals surface area contributed by atoms with Crippen molar-refractivity contribution in [2.24, 2.45) is 5.92 Å². The zero-order valence-corrected chi connectivity index (χ0v) is 15.9. The largest absolute Gasteiger partial charge is 0.497 e. The first-order chi connectivity index (χ1) is 12.2. The molecule has 0 aliphatic heterocycles. The molecule has 4 nitrogen and oxygen atoms in total. The Hall–Kier alpha value is -2.27. The first-order valence-electron chi connectivity index (χ1n) is 8.47. The molecule has 0 aliphatic carbocycles. The molecule has 2 N–H and O–H groups in total. The number of thiocarbonyl (C=S) groups is 1. The van der Waals surface area contributed by atoms with Crippen LogP contribution in [0.3, 0.4) is 0 Å². The smallest absolute Gasteiger partial charge is 0.170 e. The molecule has 2 rings (SSSR count). The predicted octanol–water partition coefficient (Wildman–Crippen LogP) is 4.26. The normalized spacial score (nSPS) is 11.5. The Morgan fingerprint density at radius 2 is 1.84 bits per heavy atom. The van der Waals surface area contributed by atoms with Gasteiger partial charge in [0.05, 0.1) is 19.9 Å². The minimum absolute atomic E-state index is 0.528. The van der Waals surface area contributed by atoms with Gasteiger partial charge in [0.2, 0.25) is 0 Å². The molecular weight excluding hydrogens is 332 g/mol. The summed E-state index contributed by atoms with van der Waals surface area (Å²) < 4.78 is 10.6. The number of anilines is 1. The van der Waals surface area contributed by atoms with Gasteiger partial charge in [0.1, 0.15) is 11.5 Å². The van der Waals surface area contributed by atoms with E-state index in [4.69, 9.17) is 21.7 Å². The van der Waals surface area contributed by atoms with Gasteiger partial charge in [0.15, 0.2) is 5.11 Å². The molecule has 0 saturated carbocycles. The van der Waals surface area contributed by atoms with E-state index in [9.17, 15) is 0 Å². The summed E-state index contributed by atoms with van der Waals surface area (Å²) in [5, 5.41) is 7.10. The topological polar surface area (TPSA) is 42.5 Å². The summed E-state index contributed by atoms with van der Waals surface area (Å²) in [4.78, 5) is 0. The SMILES string of the molecule is CCC(CNC(=S)Nc1ccc(OC)cc1OC)Cc1ccccc1. The number of methoxy groups -OCH3 is 2. The molecule has 0 amide bonds. The van der Waals surface area contributed by atoms with Crippen molar-refractivity contribution in [1.29, 1.82) is 0 Å². The van der Waals surface area contributed by atoms with Crippen molar-refractivity contribution in [2.75, 3.05) is 26.1 Å². The summed E-state index contributed by atoms with van der Waals surface area (Å²) in [6, 6.07) is 16.1. The number of nitrogens with one attached hydrogen (secondary N) is 2. The molecule has 25 heavy (non-hydrogen) atoms. The van der Waals surface area contributed by atoms with E-state index in [1.807, 2.05) is 24.3 Å². The minimum Gasteiger partial charge on any atom is -0.497 e. The van der Waals surface area contributed by atoms with E-state index in [1.54, 1.807) is 14.2 Å². The molecule has 0 spiro atoms. The average molecular weight is 359 g/mol. The first-order valence-corrected chi connectivity index (χ1v) is 8.87. The highest BCUT2D eigenvalue weighted by molar-refractivity contribution is 7.80. The Morgan fingerprint density at radius 3 is 2.48 bits per heavy atom. The number of rotatable bonds is 8. The molecule has 2 aromatic rings. The fraction of sp³-hybridized carbons (Fsp3) is 0.350. The van der Waals surface area contributed by atoms with Crippen LogP contribution in [-0.2, 0) is 6.42 Å². The zero-order chi connectivity index (χ0) is 18.1. The van der Waals surface area contributed by atoms with Crippen LogP contribution in [0.2, 0.25) is 0 Å². The van der Waals surface area contributed by atoms with Crippen LogP contribution >= 0.6 is 12.2 Å². The lowest BCUT2D eigenvalue weighted by Gasteiger charge is -2.18. The van der Waals surface area contributed by atoms with Crippen molar-refractivity contribution in [1.82, 2.24) is 5.32 Å². The van der Waals surface area contributed by atoms with Crippen molar-refractivity contribution in [3.63, 3.8) is 0 Å². The van der Waals surface area contributed by atoms with Gasteiger partial charge in [-0.05, 0) is 42.3 Å². The van der Waals surface area contributed by atoms with Gasteiger partial charge in [-0.1, -0.05) is 43.7 Å². The molecule has 0 bridgehead atoms. The van der Waals surface area contributed by atoms with Crippen LogP contribution in [0, 0.1) is 5.92 Å². The highest BCUT2D eigenvalue weighted by atomic mass is 32.1. The highest BCUT2D eigenvalue weighted by Gasteiger charge is 2.10. The van der Waals surface area contributed by atoms with E-state index >= 15 is 0 Å². The van der Waals surface area contributed by atoms with Gasteiger partial charge in [0.25, 0.3) is 0 Å². The maximum Gasteiger partial charge on any atom is 0.170 e. The molecular formula is C20H26N2O2S. The second-order valence-electron chi connectivity index (χ2n) is 5.87. The van der Waals surface area contributed by atoms with Gasteiger partial charge < -0.3 is 20.1 Å². The van der Waals surface area contributed by atoms with Crippen LogP contribution in [0.15, 0.2) is 48.5 Å². The van der Waals surface area contributed by atoms with E-state index < -0.39 is 0 Å². The van der Waals surface area contributed by atoms with E-state index in [1.165, 1.54) is 5.56 Å². The maximum atomic E-state index is 5.43. The molecule has 134 valence electrons. The number of hydrogen-bond donors (Lipinski definition) is 2. The van der Waals surface area contributed by atoms with Gasteiger partial charge >= 0.3 is 0 Å². The first kappa shape index (κ1) is 19.1. The van der Waals surface area contributed by atoms with Crippen LogP contribution in [0.1, 0.15) is 18.9 Å². The third kappa shape index (κ3) is 5.94. The summed E-state index contributed by atoms with van der Waals surface area (Å²) >= 11 is 5.43.